The van der Waals surface area contributed by atoms with Crippen molar-refractivity contribution in [3.05, 3.63) is 24.0 Å². The molecule has 1 heterocycles. The molecule has 2 fully saturated rings. The van der Waals surface area contributed by atoms with Crippen LogP contribution in [-0.2, 0) is 11.3 Å². The maximum atomic E-state index is 11.8. The Kier molecular flexibility index (Phi) is 3.87. The molecule has 108 valence electrons. The minimum absolute atomic E-state index is 0.0491. The van der Waals surface area contributed by atoms with Gasteiger partial charge in [-0.25, -0.2) is 0 Å². The van der Waals surface area contributed by atoms with E-state index in [1.54, 1.807) is 13.1 Å². The van der Waals surface area contributed by atoms with E-state index in [2.05, 4.69) is 15.6 Å². The molecule has 2 saturated carbocycles. The van der Waals surface area contributed by atoms with Crippen molar-refractivity contribution in [3.8, 4) is 5.75 Å². The van der Waals surface area contributed by atoms with Crippen molar-refractivity contribution in [2.75, 3.05) is 0 Å². The van der Waals surface area contributed by atoms with Crippen LogP contribution in [0.5, 0.6) is 5.75 Å². The van der Waals surface area contributed by atoms with Gasteiger partial charge in [0.25, 0.3) is 5.91 Å². The second-order valence-corrected chi connectivity index (χ2v) is 5.68. The fraction of sp³-hybridized carbons (Fsp3) is 0.600. The van der Waals surface area contributed by atoms with Crippen LogP contribution < -0.4 is 15.4 Å². The highest BCUT2D eigenvalue weighted by atomic mass is 16.5. The molecule has 0 spiro atoms. The Morgan fingerprint density at radius 2 is 2.10 bits per heavy atom. The van der Waals surface area contributed by atoms with Crippen LogP contribution in [0.1, 0.15) is 38.3 Å². The van der Waals surface area contributed by atoms with Gasteiger partial charge in [0.15, 0.2) is 6.10 Å². The lowest BCUT2D eigenvalue weighted by atomic mass is 10.3. The van der Waals surface area contributed by atoms with Crippen molar-refractivity contribution in [1.29, 1.82) is 0 Å². The van der Waals surface area contributed by atoms with Gasteiger partial charge in [-0.1, -0.05) is 0 Å². The van der Waals surface area contributed by atoms with Gasteiger partial charge in [-0.2, -0.15) is 0 Å². The molecule has 1 aromatic rings. The van der Waals surface area contributed by atoms with Gasteiger partial charge in [-0.05, 0) is 44.7 Å². The van der Waals surface area contributed by atoms with Crippen LogP contribution in [0.4, 0.5) is 0 Å². The summed E-state index contributed by atoms with van der Waals surface area (Å²) in [6, 6.07) is 4.86. The molecule has 0 bridgehead atoms. The number of rotatable bonds is 7. The number of pyridine rings is 1. The Balaban J connectivity index is 1.47. The molecule has 1 atom stereocenters. The highest BCUT2D eigenvalue weighted by Gasteiger charge is 2.26. The third-order valence-electron chi connectivity index (χ3n) is 3.55. The van der Waals surface area contributed by atoms with Crippen LogP contribution in [0.25, 0.3) is 0 Å². The summed E-state index contributed by atoms with van der Waals surface area (Å²) in [7, 11) is 0. The first-order valence-corrected chi connectivity index (χ1v) is 7.36. The van der Waals surface area contributed by atoms with Crippen LogP contribution in [0.2, 0.25) is 0 Å². The zero-order chi connectivity index (χ0) is 13.9. The van der Waals surface area contributed by atoms with E-state index in [-0.39, 0.29) is 5.91 Å². The number of aromatic nitrogens is 1. The molecule has 0 radical (unpaired) electrons. The Hall–Kier alpha value is -1.62. The van der Waals surface area contributed by atoms with Gasteiger partial charge in [0.2, 0.25) is 0 Å². The van der Waals surface area contributed by atoms with E-state index in [0.29, 0.717) is 17.8 Å². The van der Waals surface area contributed by atoms with E-state index in [9.17, 15) is 4.79 Å². The van der Waals surface area contributed by atoms with Gasteiger partial charge < -0.3 is 15.4 Å². The zero-order valence-electron chi connectivity index (χ0n) is 11.8. The average molecular weight is 275 g/mol. The number of hydrogen-bond donors (Lipinski definition) is 2. The number of ether oxygens (including phenoxy) is 1. The average Bonchev–Trinajstić information content (AvgIpc) is 3.33. The van der Waals surface area contributed by atoms with Gasteiger partial charge in [0, 0.05) is 18.6 Å². The minimum atomic E-state index is -0.479. The summed E-state index contributed by atoms with van der Waals surface area (Å²) in [4.78, 5) is 16.1. The van der Waals surface area contributed by atoms with Gasteiger partial charge in [0.1, 0.15) is 5.75 Å². The molecule has 5 nitrogen and oxygen atoms in total. The van der Waals surface area contributed by atoms with Crippen molar-refractivity contribution in [3.63, 3.8) is 0 Å². The normalized spacial score (nSPS) is 19.4. The lowest BCUT2D eigenvalue weighted by Crippen LogP contribution is -2.37. The quantitative estimate of drug-likeness (QED) is 0.789. The zero-order valence-corrected chi connectivity index (χ0v) is 11.8. The molecule has 2 aliphatic carbocycles. The number of hydrogen-bond acceptors (Lipinski definition) is 4. The molecular weight excluding hydrogens is 254 g/mol. The lowest BCUT2D eigenvalue weighted by molar-refractivity contribution is -0.127. The summed E-state index contributed by atoms with van der Waals surface area (Å²) in [5.41, 5.74) is 0.999. The van der Waals surface area contributed by atoms with Crippen LogP contribution in [0.3, 0.4) is 0 Å². The van der Waals surface area contributed by atoms with Crippen molar-refractivity contribution in [2.24, 2.45) is 0 Å². The summed E-state index contributed by atoms with van der Waals surface area (Å²) >= 11 is 0. The fourth-order valence-corrected chi connectivity index (χ4v) is 1.93. The molecule has 20 heavy (non-hydrogen) atoms. The Labute approximate surface area is 119 Å². The number of nitrogens with zero attached hydrogens (tertiary/aromatic N) is 1. The summed E-state index contributed by atoms with van der Waals surface area (Å²) in [5.74, 6) is 0.589. The largest absolute Gasteiger partial charge is 0.479 e. The van der Waals surface area contributed by atoms with E-state index < -0.39 is 6.10 Å². The molecule has 0 aliphatic heterocycles. The van der Waals surface area contributed by atoms with E-state index >= 15 is 0 Å². The number of nitrogens with one attached hydrogen (secondary N) is 2. The van der Waals surface area contributed by atoms with Gasteiger partial charge in [-0.15, -0.1) is 0 Å². The predicted molar refractivity (Wildman–Crippen MR) is 75.4 cm³/mol. The van der Waals surface area contributed by atoms with Crippen molar-refractivity contribution in [2.45, 2.75) is 57.3 Å². The van der Waals surface area contributed by atoms with E-state index in [4.69, 9.17) is 4.74 Å². The van der Waals surface area contributed by atoms with Crippen LogP contribution in [0, 0.1) is 0 Å². The van der Waals surface area contributed by atoms with Gasteiger partial charge in [-0.3, -0.25) is 9.78 Å². The minimum Gasteiger partial charge on any atom is -0.479 e. The van der Waals surface area contributed by atoms with Crippen LogP contribution in [0.15, 0.2) is 18.3 Å². The maximum absolute atomic E-state index is 11.8. The SMILES string of the molecule is CC(Oc1ccc(CNC2CC2)nc1)C(=O)NC1CC1. The van der Waals surface area contributed by atoms with Gasteiger partial charge >= 0.3 is 0 Å². The Bertz CT molecular complexity index is 467. The van der Waals surface area contributed by atoms with Crippen molar-refractivity contribution < 1.29 is 9.53 Å². The van der Waals surface area contributed by atoms with Crippen molar-refractivity contribution in [1.82, 2.24) is 15.6 Å². The second-order valence-electron chi connectivity index (χ2n) is 5.68. The highest BCUT2D eigenvalue weighted by molar-refractivity contribution is 5.81. The van der Waals surface area contributed by atoms with Gasteiger partial charge in [0.05, 0.1) is 11.9 Å². The molecule has 1 unspecified atom stereocenters. The Morgan fingerprint density at radius 1 is 1.35 bits per heavy atom. The van der Waals surface area contributed by atoms with E-state index in [0.717, 1.165) is 25.1 Å². The maximum Gasteiger partial charge on any atom is 0.260 e. The predicted octanol–water partition coefficient (Wildman–Crippen LogP) is 1.38. The molecule has 1 amide bonds. The first-order chi connectivity index (χ1) is 9.70. The second kappa shape index (κ2) is 5.79. The van der Waals surface area contributed by atoms with Crippen molar-refractivity contribution >= 4 is 5.91 Å². The third-order valence-corrected chi connectivity index (χ3v) is 3.55. The topological polar surface area (TPSA) is 63.2 Å². The van der Waals surface area contributed by atoms with E-state index in [1.165, 1.54) is 12.8 Å². The summed E-state index contributed by atoms with van der Waals surface area (Å²) < 4.78 is 5.60. The third kappa shape index (κ3) is 3.93. The molecule has 2 N–H and O–H groups in total. The van der Waals surface area contributed by atoms with Crippen LogP contribution in [-0.4, -0.2) is 29.1 Å². The lowest BCUT2D eigenvalue weighted by Gasteiger charge is -2.14. The number of amides is 1. The van der Waals surface area contributed by atoms with E-state index in [1.807, 2.05) is 12.1 Å². The Morgan fingerprint density at radius 3 is 2.70 bits per heavy atom. The first-order valence-electron chi connectivity index (χ1n) is 7.36. The first kappa shape index (κ1) is 13.4. The molecule has 0 saturated heterocycles. The standard InChI is InChI=1S/C15H21N3O2/c1-10(15(19)18-12-4-5-12)20-14-7-6-13(17-9-14)8-16-11-2-3-11/h6-7,9-12,16H,2-5,8H2,1H3,(H,18,19). The molecule has 2 aliphatic rings. The number of carbonyl (C=O) groups is 1. The molecule has 1 aromatic heterocycles. The summed E-state index contributed by atoms with van der Waals surface area (Å²) in [5, 5.41) is 6.34. The van der Waals surface area contributed by atoms with Crippen LogP contribution >= 0.6 is 0 Å². The molecular formula is C15H21N3O2. The molecule has 3 rings (SSSR count). The smallest absolute Gasteiger partial charge is 0.260 e. The molecule has 0 aromatic carbocycles. The fourth-order valence-electron chi connectivity index (χ4n) is 1.93. The summed E-state index contributed by atoms with van der Waals surface area (Å²) in [6.07, 6.45) is 5.92. The highest BCUT2D eigenvalue weighted by Crippen LogP contribution is 2.20. The molecule has 5 heteroatoms. The summed E-state index contributed by atoms with van der Waals surface area (Å²) in [6.45, 7) is 2.56. The number of carbonyl (C=O) groups excluding carboxylic acids is 1. The monoisotopic (exact) mass is 275 g/mol.